The second-order valence-corrected chi connectivity index (χ2v) is 6.00. The van der Waals surface area contributed by atoms with Crippen molar-refractivity contribution in [2.75, 3.05) is 10.6 Å². The number of piperidine rings is 1. The van der Waals surface area contributed by atoms with Crippen LogP contribution in [0.5, 0.6) is 5.88 Å². The summed E-state index contributed by atoms with van der Waals surface area (Å²) in [6, 6.07) is 0.653. The number of aliphatic hydroxyl groups is 1. The third-order valence-corrected chi connectivity index (χ3v) is 4.13. The zero-order valence-corrected chi connectivity index (χ0v) is 12.0. The Hall–Kier alpha value is -1.56. The van der Waals surface area contributed by atoms with Crippen LogP contribution in [0.4, 0.5) is 11.5 Å². The normalized spacial score (nSPS) is 29.0. The van der Waals surface area contributed by atoms with Crippen LogP contribution in [0, 0.1) is 0 Å². The Balaban J connectivity index is 1.91. The number of ether oxygens (including phenoxy) is 1. The first kappa shape index (κ1) is 13.4. The zero-order chi connectivity index (χ0) is 14.3. The molecule has 0 aliphatic carbocycles. The van der Waals surface area contributed by atoms with Gasteiger partial charge in [0.2, 0.25) is 5.88 Å². The number of rotatable bonds is 3. The van der Waals surface area contributed by atoms with Crippen LogP contribution in [0.1, 0.15) is 39.5 Å². The van der Waals surface area contributed by atoms with Gasteiger partial charge in [0.05, 0.1) is 12.2 Å². The summed E-state index contributed by atoms with van der Waals surface area (Å²) in [4.78, 5) is 10.7. The molecule has 2 aliphatic heterocycles. The molecule has 6 nitrogen and oxygen atoms in total. The van der Waals surface area contributed by atoms with E-state index in [0.29, 0.717) is 23.7 Å². The maximum Gasteiger partial charge on any atom is 0.242 e. The standard InChI is InChI=1S/C14H22N4O2/c1-8(2)20-14-12(15)13(16-7-17-14)18-9-3-4-10(18)6-11(19)5-9/h7-11,19H,3-6,15H2,1-2H3. The summed E-state index contributed by atoms with van der Waals surface area (Å²) in [5.41, 5.74) is 6.70. The molecular weight excluding hydrogens is 256 g/mol. The fourth-order valence-corrected chi connectivity index (χ4v) is 3.39. The van der Waals surface area contributed by atoms with E-state index in [9.17, 15) is 5.11 Å². The predicted molar refractivity (Wildman–Crippen MR) is 76.7 cm³/mol. The van der Waals surface area contributed by atoms with E-state index in [1.165, 1.54) is 6.33 Å². The minimum Gasteiger partial charge on any atom is -0.473 e. The third-order valence-electron chi connectivity index (χ3n) is 4.13. The highest BCUT2D eigenvalue weighted by atomic mass is 16.5. The molecule has 1 aromatic rings. The number of anilines is 2. The second kappa shape index (κ2) is 5.09. The Bertz CT molecular complexity index is 480. The van der Waals surface area contributed by atoms with Gasteiger partial charge in [0.25, 0.3) is 0 Å². The van der Waals surface area contributed by atoms with Gasteiger partial charge in [-0.2, -0.15) is 4.98 Å². The molecule has 6 heteroatoms. The van der Waals surface area contributed by atoms with Gasteiger partial charge < -0.3 is 20.5 Å². The van der Waals surface area contributed by atoms with Crippen LogP contribution in [0.2, 0.25) is 0 Å². The molecule has 2 atom stereocenters. The molecule has 2 unspecified atom stereocenters. The number of aliphatic hydroxyl groups excluding tert-OH is 1. The number of nitrogens with zero attached hydrogens (tertiary/aromatic N) is 3. The Kier molecular flexibility index (Phi) is 3.41. The molecule has 0 radical (unpaired) electrons. The molecule has 0 saturated carbocycles. The Morgan fingerprint density at radius 1 is 1.30 bits per heavy atom. The number of nitrogens with two attached hydrogens (primary N) is 1. The summed E-state index contributed by atoms with van der Waals surface area (Å²) < 4.78 is 5.64. The van der Waals surface area contributed by atoms with Crippen molar-refractivity contribution in [2.24, 2.45) is 0 Å². The van der Waals surface area contributed by atoms with Crippen LogP contribution in [-0.4, -0.2) is 39.4 Å². The first-order valence-electron chi connectivity index (χ1n) is 7.29. The number of hydrogen-bond acceptors (Lipinski definition) is 6. The van der Waals surface area contributed by atoms with Gasteiger partial charge in [-0.3, -0.25) is 0 Å². The van der Waals surface area contributed by atoms with E-state index < -0.39 is 0 Å². The summed E-state index contributed by atoms with van der Waals surface area (Å²) in [6.07, 6.45) is 5.10. The predicted octanol–water partition coefficient (Wildman–Crippen LogP) is 1.34. The second-order valence-electron chi connectivity index (χ2n) is 6.00. The van der Waals surface area contributed by atoms with Crippen LogP contribution >= 0.6 is 0 Å². The van der Waals surface area contributed by atoms with Gasteiger partial charge in [0.1, 0.15) is 12.0 Å². The summed E-state index contributed by atoms with van der Waals surface area (Å²) in [5, 5.41) is 9.88. The molecule has 110 valence electrons. The largest absolute Gasteiger partial charge is 0.473 e. The van der Waals surface area contributed by atoms with Gasteiger partial charge in [-0.1, -0.05) is 0 Å². The third kappa shape index (κ3) is 2.28. The lowest BCUT2D eigenvalue weighted by molar-refractivity contribution is 0.126. The SMILES string of the molecule is CC(C)Oc1ncnc(N2C3CCC2CC(O)C3)c1N. The molecule has 2 aliphatic rings. The van der Waals surface area contributed by atoms with Crippen molar-refractivity contribution >= 4 is 11.5 Å². The smallest absolute Gasteiger partial charge is 0.242 e. The molecule has 1 aromatic heterocycles. The lowest BCUT2D eigenvalue weighted by Crippen LogP contribution is -2.45. The van der Waals surface area contributed by atoms with E-state index in [2.05, 4.69) is 14.9 Å². The number of hydrogen-bond donors (Lipinski definition) is 2. The summed E-state index contributed by atoms with van der Waals surface area (Å²) in [6.45, 7) is 3.89. The van der Waals surface area contributed by atoms with E-state index >= 15 is 0 Å². The molecule has 2 bridgehead atoms. The molecular formula is C14H22N4O2. The van der Waals surface area contributed by atoms with E-state index in [1.807, 2.05) is 13.8 Å². The molecule has 3 heterocycles. The van der Waals surface area contributed by atoms with Crippen LogP contribution in [0.3, 0.4) is 0 Å². The van der Waals surface area contributed by atoms with E-state index in [-0.39, 0.29) is 12.2 Å². The summed E-state index contributed by atoms with van der Waals surface area (Å²) in [7, 11) is 0. The van der Waals surface area contributed by atoms with Crippen LogP contribution in [0.15, 0.2) is 6.33 Å². The average Bonchev–Trinajstić information content (AvgIpc) is 2.64. The molecule has 2 fully saturated rings. The van der Waals surface area contributed by atoms with Gasteiger partial charge >= 0.3 is 0 Å². The van der Waals surface area contributed by atoms with Crippen molar-refractivity contribution < 1.29 is 9.84 Å². The fourth-order valence-electron chi connectivity index (χ4n) is 3.39. The molecule has 3 rings (SSSR count). The maximum absolute atomic E-state index is 9.88. The molecule has 0 amide bonds. The molecule has 0 spiro atoms. The number of fused-ring (bicyclic) bond motifs is 2. The quantitative estimate of drug-likeness (QED) is 0.868. The van der Waals surface area contributed by atoms with Gasteiger partial charge in [-0.15, -0.1) is 0 Å². The van der Waals surface area contributed by atoms with Crippen LogP contribution < -0.4 is 15.4 Å². The highest BCUT2D eigenvalue weighted by molar-refractivity contribution is 5.69. The minimum absolute atomic E-state index is 0.0277. The van der Waals surface area contributed by atoms with Gasteiger partial charge in [0.15, 0.2) is 5.82 Å². The summed E-state index contributed by atoms with van der Waals surface area (Å²) >= 11 is 0. The topological polar surface area (TPSA) is 84.5 Å². The first-order chi connectivity index (χ1) is 9.56. The maximum atomic E-state index is 9.88. The lowest BCUT2D eigenvalue weighted by atomic mass is 10.00. The fraction of sp³-hybridized carbons (Fsp3) is 0.714. The highest BCUT2D eigenvalue weighted by Gasteiger charge is 2.41. The molecule has 0 aromatic carbocycles. The first-order valence-corrected chi connectivity index (χ1v) is 7.29. The molecule has 3 N–H and O–H groups in total. The number of aromatic nitrogens is 2. The molecule has 2 saturated heterocycles. The van der Waals surface area contributed by atoms with Gasteiger partial charge in [-0.25, -0.2) is 4.98 Å². The molecule has 20 heavy (non-hydrogen) atoms. The monoisotopic (exact) mass is 278 g/mol. The van der Waals surface area contributed by atoms with Gasteiger partial charge in [-0.05, 0) is 39.5 Å². The zero-order valence-electron chi connectivity index (χ0n) is 12.0. The Morgan fingerprint density at radius 3 is 2.55 bits per heavy atom. The van der Waals surface area contributed by atoms with Crippen molar-refractivity contribution in [1.29, 1.82) is 0 Å². The van der Waals surface area contributed by atoms with Crippen LogP contribution in [-0.2, 0) is 0 Å². The average molecular weight is 278 g/mol. The Labute approximate surface area is 119 Å². The summed E-state index contributed by atoms with van der Waals surface area (Å²) in [5.74, 6) is 1.21. The van der Waals surface area contributed by atoms with Crippen molar-refractivity contribution in [3.8, 4) is 5.88 Å². The van der Waals surface area contributed by atoms with Crippen molar-refractivity contribution in [3.05, 3.63) is 6.33 Å². The van der Waals surface area contributed by atoms with E-state index in [1.54, 1.807) is 0 Å². The van der Waals surface area contributed by atoms with E-state index in [4.69, 9.17) is 10.5 Å². The highest BCUT2D eigenvalue weighted by Crippen LogP contribution is 2.42. The minimum atomic E-state index is -0.196. The lowest BCUT2D eigenvalue weighted by Gasteiger charge is -2.38. The van der Waals surface area contributed by atoms with E-state index in [0.717, 1.165) is 31.5 Å². The van der Waals surface area contributed by atoms with Crippen molar-refractivity contribution in [1.82, 2.24) is 9.97 Å². The number of nitrogen functional groups attached to an aromatic ring is 1. The van der Waals surface area contributed by atoms with Crippen molar-refractivity contribution in [2.45, 2.75) is 63.8 Å². The Morgan fingerprint density at radius 2 is 1.95 bits per heavy atom. The van der Waals surface area contributed by atoms with Gasteiger partial charge in [0, 0.05) is 12.1 Å². The van der Waals surface area contributed by atoms with Crippen LogP contribution in [0.25, 0.3) is 0 Å². The van der Waals surface area contributed by atoms with Crippen molar-refractivity contribution in [3.63, 3.8) is 0 Å².